The number of rotatable bonds is 6. The van der Waals surface area contributed by atoms with E-state index >= 15 is 0 Å². The van der Waals surface area contributed by atoms with Gasteiger partial charge in [0.1, 0.15) is 0 Å². The Morgan fingerprint density at radius 2 is 1.09 bits per heavy atom. The maximum atomic E-state index is 3.65. The van der Waals surface area contributed by atoms with Crippen molar-refractivity contribution in [1.82, 2.24) is 4.90 Å². The fourth-order valence-corrected chi connectivity index (χ4v) is 0.771. The van der Waals surface area contributed by atoms with Gasteiger partial charge in [-0.05, 0) is 0 Å². The predicted molar refractivity (Wildman–Crippen MR) is 50.6 cm³/mol. The molecule has 0 bridgehead atoms. The maximum absolute atomic E-state index is 3.65. The van der Waals surface area contributed by atoms with E-state index in [0.717, 1.165) is 19.6 Å². The molecule has 0 fully saturated rings. The Morgan fingerprint density at radius 3 is 1.27 bits per heavy atom. The molecule has 0 amide bonds. The first kappa shape index (κ1) is 12.8. The summed E-state index contributed by atoms with van der Waals surface area (Å²) < 4.78 is 0. The molecule has 0 radical (unpaired) electrons. The molecule has 0 saturated heterocycles. The summed E-state index contributed by atoms with van der Waals surface area (Å²) in [5.74, 6) is 0. The Hall–Kier alpha value is -0.860. The zero-order chi connectivity index (χ0) is 7.82. The van der Waals surface area contributed by atoms with Gasteiger partial charge in [-0.25, -0.2) is 0 Å². The minimum atomic E-state index is 0. The molecule has 2 N–H and O–H groups in total. The average molecular weight is 155 g/mol. The van der Waals surface area contributed by atoms with E-state index in [9.17, 15) is 0 Å². The summed E-state index contributed by atoms with van der Waals surface area (Å²) in [6, 6.07) is 0. The van der Waals surface area contributed by atoms with E-state index in [2.05, 4.69) is 24.6 Å². The van der Waals surface area contributed by atoms with E-state index in [-0.39, 0.29) is 5.48 Å². The van der Waals surface area contributed by atoms with Crippen molar-refractivity contribution in [3.05, 3.63) is 38.0 Å². The van der Waals surface area contributed by atoms with Crippen LogP contribution in [0.5, 0.6) is 0 Å². The molecule has 0 saturated carbocycles. The molecular weight excluding hydrogens is 138 g/mol. The summed E-state index contributed by atoms with van der Waals surface area (Å²) in [5.41, 5.74) is 0. The highest BCUT2D eigenvalue weighted by molar-refractivity contribution is 4.83. The molecule has 11 heavy (non-hydrogen) atoms. The van der Waals surface area contributed by atoms with Gasteiger partial charge in [-0.3, -0.25) is 4.90 Å². The van der Waals surface area contributed by atoms with Crippen molar-refractivity contribution >= 4 is 0 Å². The third-order valence-electron chi connectivity index (χ3n) is 1.16. The monoisotopic (exact) mass is 155 g/mol. The van der Waals surface area contributed by atoms with Gasteiger partial charge in [-0.15, -0.1) is 19.7 Å². The molecule has 0 aromatic carbocycles. The van der Waals surface area contributed by atoms with Gasteiger partial charge >= 0.3 is 0 Å². The molecule has 2 nitrogen and oxygen atoms in total. The van der Waals surface area contributed by atoms with Crippen LogP contribution in [0.4, 0.5) is 0 Å². The average Bonchev–Trinajstić information content (AvgIpc) is 1.90. The van der Waals surface area contributed by atoms with Crippen molar-refractivity contribution in [1.29, 1.82) is 0 Å². The molecular formula is C9H17NO. The summed E-state index contributed by atoms with van der Waals surface area (Å²) in [6.07, 6.45) is 5.65. The second-order valence-corrected chi connectivity index (χ2v) is 2.08. The van der Waals surface area contributed by atoms with Crippen LogP contribution < -0.4 is 0 Å². The lowest BCUT2D eigenvalue weighted by atomic mass is 10.4. The molecule has 0 aliphatic heterocycles. The minimum absolute atomic E-state index is 0. The van der Waals surface area contributed by atoms with E-state index in [0.29, 0.717) is 0 Å². The quantitative estimate of drug-likeness (QED) is 0.527. The highest BCUT2D eigenvalue weighted by Crippen LogP contribution is 1.88. The second kappa shape index (κ2) is 9.14. The van der Waals surface area contributed by atoms with E-state index in [4.69, 9.17) is 0 Å². The first-order valence-corrected chi connectivity index (χ1v) is 3.40. The molecule has 0 aromatic heterocycles. The topological polar surface area (TPSA) is 34.7 Å². The van der Waals surface area contributed by atoms with Crippen LogP contribution >= 0.6 is 0 Å². The first-order chi connectivity index (χ1) is 4.85. The fraction of sp³-hybridized carbons (Fsp3) is 0.333. The standard InChI is InChI=1S/C9H15N.H2O/c1-4-7-10(8-5-2)9-6-3;/h4-6H,1-3,7-9H2;1H2. The maximum Gasteiger partial charge on any atom is 0.0167 e. The van der Waals surface area contributed by atoms with Crippen molar-refractivity contribution in [2.24, 2.45) is 0 Å². The molecule has 0 unspecified atom stereocenters. The number of nitrogens with zero attached hydrogens (tertiary/aromatic N) is 1. The molecule has 0 aliphatic carbocycles. The fourth-order valence-electron chi connectivity index (χ4n) is 0.771. The summed E-state index contributed by atoms with van der Waals surface area (Å²) in [7, 11) is 0. The third kappa shape index (κ3) is 7.03. The van der Waals surface area contributed by atoms with Crippen molar-refractivity contribution in [3.8, 4) is 0 Å². The second-order valence-electron chi connectivity index (χ2n) is 2.08. The minimum Gasteiger partial charge on any atom is -0.412 e. The lowest BCUT2D eigenvalue weighted by Crippen LogP contribution is -2.23. The highest BCUT2D eigenvalue weighted by atomic mass is 16.0. The van der Waals surface area contributed by atoms with Gasteiger partial charge < -0.3 is 5.48 Å². The van der Waals surface area contributed by atoms with Crippen LogP contribution in [0.3, 0.4) is 0 Å². The van der Waals surface area contributed by atoms with Crippen LogP contribution in [-0.2, 0) is 0 Å². The zero-order valence-corrected chi connectivity index (χ0v) is 6.92. The molecule has 2 heteroatoms. The lowest BCUT2D eigenvalue weighted by molar-refractivity contribution is 0.373. The molecule has 0 atom stereocenters. The molecule has 0 aliphatic rings. The Kier molecular flexibility index (Phi) is 10.6. The van der Waals surface area contributed by atoms with E-state index in [1.165, 1.54) is 0 Å². The van der Waals surface area contributed by atoms with Gasteiger partial charge in [-0.2, -0.15) is 0 Å². The van der Waals surface area contributed by atoms with Crippen molar-refractivity contribution < 1.29 is 5.48 Å². The highest BCUT2D eigenvalue weighted by Gasteiger charge is 1.94. The van der Waals surface area contributed by atoms with Crippen molar-refractivity contribution in [3.63, 3.8) is 0 Å². The van der Waals surface area contributed by atoms with Crippen molar-refractivity contribution in [2.45, 2.75) is 0 Å². The Bertz CT molecular complexity index is 97.0. The van der Waals surface area contributed by atoms with Gasteiger partial charge in [0.05, 0.1) is 0 Å². The van der Waals surface area contributed by atoms with Gasteiger partial charge in [0.15, 0.2) is 0 Å². The molecule has 0 aromatic rings. The summed E-state index contributed by atoms with van der Waals surface area (Å²) >= 11 is 0. The van der Waals surface area contributed by atoms with Crippen LogP contribution in [0.15, 0.2) is 38.0 Å². The van der Waals surface area contributed by atoms with Crippen LogP contribution in [0, 0.1) is 0 Å². The zero-order valence-electron chi connectivity index (χ0n) is 6.92. The van der Waals surface area contributed by atoms with Crippen LogP contribution in [0.25, 0.3) is 0 Å². The van der Waals surface area contributed by atoms with Gasteiger partial charge in [0.25, 0.3) is 0 Å². The number of hydrogen-bond acceptors (Lipinski definition) is 1. The molecule has 64 valence electrons. The summed E-state index contributed by atoms with van der Waals surface area (Å²) in [5, 5.41) is 0. The SMILES string of the molecule is C=CCN(CC=C)CC=C.O. The predicted octanol–water partition coefficient (Wildman–Crippen LogP) is 1.02. The molecule has 0 rings (SSSR count). The largest absolute Gasteiger partial charge is 0.412 e. The molecule has 0 heterocycles. The van der Waals surface area contributed by atoms with Crippen molar-refractivity contribution in [2.75, 3.05) is 19.6 Å². The third-order valence-corrected chi connectivity index (χ3v) is 1.16. The van der Waals surface area contributed by atoms with Gasteiger partial charge in [0, 0.05) is 19.6 Å². The van der Waals surface area contributed by atoms with Crippen LogP contribution in [-0.4, -0.2) is 30.0 Å². The van der Waals surface area contributed by atoms with Crippen LogP contribution in [0.2, 0.25) is 0 Å². The number of hydrogen-bond donors (Lipinski definition) is 0. The summed E-state index contributed by atoms with van der Waals surface area (Å²) in [4.78, 5) is 2.19. The van der Waals surface area contributed by atoms with E-state index < -0.39 is 0 Å². The first-order valence-electron chi connectivity index (χ1n) is 3.40. The molecule has 0 spiro atoms. The summed E-state index contributed by atoms with van der Waals surface area (Å²) in [6.45, 7) is 13.7. The smallest absolute Gasteiger partial charge is 0.0167 e. The Morgan fingerprint density at radius 1 is 0.818 bits per heavy atom. The normalized spacial score (nSPS) is 8.45. The van der Waals surface area contributed by atoms with E-state index in [1.54, 1.807) is 0 Å². The van der Waals surface area contributed by atoms with Gasteiger partial charge in [0.2, 0.25) is 0 Å². The van der Waals surface area contributed by atoms with Gasteiger partial charge in [-0.1, -0.05) is 18.2 Å². The van der Waals surface area contributed by atoms with E-state index in [1.807, 2.05) is 18.2 Å². The lowest BCUT2D eigenvalue weighted by Gasteiger charge is -2.15. The Labute approximate surface area is 68.8 Å². The van der Waals surface area contributed by atoms with Crippen LogP contribution in [0.1, 0.15) is 0 Å². The Balaban J connectivity index is 0.